The van der Waals surface area contributed by atoms with Crippen LogP contribution in [0.3, 0.4) is 0 Å². The van der Waals surface area contributed by atoms with Crippen molar-refractivity contribution >= 4 is 50.2 Å². The predicted molar refractivity (Wildman–Crippen MR) is 105 cm³/mol. The number of halogens is 1. The summed E-state index contributed by atoms with van der Waals surface area (Å²) in [7, 11) is 1.42. The number of thioether (sulfide) groups is 1. The molecule has 0 saturated carbocycles. The second-order valence-corrected chi connectivity index (χ2v) is 7.07. The molecule has 0 aromatic heterocycles. The maximum absolute atomic E-state index is 12.4. The lowest BCUT2D eigenvalue weighted by molar-refractivity contribution is -0.383. The molecule has 0 aliphatic carbocycles. The number of nitrogens with one attached hydrogen (secondary N) is 2. The highest BCUT2D eigenvalue weighted by Crippen LogP contribution is 2.33. The maximum Gasteiger partial charge on any atom is 0.292 e. The van der Waals surface area contributed by atoms with Crippen LogP contribution in [-0.2, 0) is 16.0 Å². The summed E-state index contributed by atoms with van der Waals surface area (Å²) in [6, 6.07) is 9.68. The summed E-state index contributed by atoms with van der Waals surface area (Å²) in [5.41, 5.74) is 1.63. The molecule has 0 aliphatic rings. The van der Waals surface area contributed by atoms with E-state index >= 15 is 0 Å². The minimum atomic E-state index is -0.537. The van der Waals surface area contributed by atoms with E-state index in [-0.39, 0.29) is 28.9 Å². The fourth-order valence-corrected chi connectivity index (χ4v) is 3.69. The van der Waals surface area contributed by atoms with Gasteiger partial charge >= 0.3 is 0 Å². The van der Waals surface area contributed by atoms with Crippen molar-refractivity contribution in [1.82, 2.24) is 0 Å². The molecule has 0 fully saturated rings. The first-order chi connectivity index (χ1) is 12.3. The standard InChI is InChI=1S/C17H16BrN3O4S/c1-10-7-8-14(26-17(19)25-2)16(18)11(10)9-15(22)20-12-5-3-4-6-13(12)21(23)24/h3-8,19H,9H2,1-2H3,(H,20,22). The van der Waals surface area contributed by atoms with E-state index in [1.165, 1.54) is 19.2 Å². The van der Waals surface area contributed by atoms with Crippen molar-refractivity contribution < 1.29 is 14.5 Å². The van der Waals surface area contributed by atoms with E-state index in [4.69, 9.17) is 10.1 Å². The number of anilines is 1. The molecule has 0 unspecified atom stereocenters. The Morgan fingerprint density at radius 3 is 2.69 bits per heavy atom. The summed E-state index contributed by atoms with van der Waals surface area (Å²) >= 11 is 4.60. The Hall–Kier alpha value is -2.39. The average Bonchev–Trinajstić information content (AvgIpc) is 2.61. The number of benzene rings is 2. The van der Waals surface area contributed by atoms with Gasteiger partial charge in [-0.1, -0.05) is 18.2 Å². The summed E-state index contributed by atoms with van der Waals surface area (Å²) in [5.74, 6) is -0.368. The largest absolute Gasteiger partial charge is 0.476 e. The Morgan fingerprint density at radius 2 is 2.04 bits per heavy atom. The number of nitro groups is 1. The van der Waals surface area contributed by atoms with Gasteiger partial charge in [-0.2, -0.15) is 0 Å². The summed E-state index contributed by atoms with van der Waals surface area (Å²) in [5, 5.41) is 21.3. The molecule has 2 rings (SSSR count). The van der Waals surface area contributed by atoms with Gasteiger partial charge in [-0.15, -0.1) is 0 Å². The first-order valence-electron chi connectivity index (χ1n) is 7.45. The van der Waals surface area contributed by atoms with Crippen LogP contribution in [-0.4, -0.2) is 23.2 Å². The Labute approximate surface area is 162 Å². The molecule has 0 aliphatic heterocycles. The summed E-state index contributed by atoms with van der Waals surface area (Å²) < 4.78 is 5.55. The number of para-hydroxylation sites is 2. The van der Waals surface area contributed by atoms with Crippen molar-refractivity contribution in [2.24, 2.45) is 0 Å². The lowest BCUT2D eigenvalue weighted by Crippen LogP contribution is -2.16. The zero-order chi connectivity index (χ0) is 19.3. The van der Waals surface area contributed by atoms with E-state index in [9.17, 15) is 14.9 Å². The van der Waals surface area contributed by atoms with E-state index in [0.717, 1.165) is 27.8 Å². The number of nitrogens with zero attached hydrogens (tertiary/aromatic N) is 1. The number of hydrogen-bond acceptors (Lipinski definition) is 6. The number of nitro benzene ring substituents is 1. The number of hydrogen-bond donors (Lipinski definition) is 2. The summed E-state index contributed by atoms with van der Waals surface area (Å²) in [6.45, 7) is 1.87. The van der Waals surface area contributed by atoms with E-state index in [1.807, 2.05) is 19.1 Å². The van der Waals surface area contributed by atoms with Gasteiger partial charge in [-0.05, 0) is 57.9 Å². The highest BCUT2D eigenvalue weighted by molar-refractivity contribution is 9.10. The quantitative estimate of drug-likeness (QED) is 0.235. The van der Waals surface area contributed by atoms with Crippen molar-refractivity contribution in [3.63, 3.8) is 0 Å². The van der Waals surface area contributed by atoms with E-state index in [0.29, 0.717) is 4.47 Å². The predicted octanol–water partition coefficient (Wildman–Crippen LogP) is 4.52. The second kappa shape index (κ2) is 8.81. The summed E-state index contributed by atoms with van der Waals surface area (Å²) in [4.78, 5) is 23.7. The van der Waals surface area contributed by atoms with Crippen LogP contribution in [0.1, 0.15) is 11.1 Å². The maximum atomic E-state index is 12.4. The van der Waals surface area contributed by atoms with Crippen LogP contribution in [0.25, 0.3) is 0 Å². The van der Waals surface area contributed by atoms with Gasteiger partial charge in [-0.3, -0.25) is 20.3 Å². The Kier molecular flexibility index (Phi) is 6.76. The number of rotatable bonds is 5. The molecule has 0 saturated heterocycles. The number of carbonyl (C=O) groups excluding carboxylic acids is 1. The number of methoxy groups -OCH3 is 1. The fraction of sp³-hybridized carbons (Fsp3) is 0.176. The first-order valence-corrected chi connectivity index (χ1v) is 9.06. The molecule has 26 heavy (non-hydrogen) atoms. The number of amides is 1. The van der Waals surface area contributed by atoms with Crippen LogP contribution < -0.4 is 5.32 Å². The highest BCUT2D eigenvalue weighted by Gasteiger charge is 2.18. The summed E-state index contributed by atoms with van der Waals surface area (Å²) in [6.07, 6.45) is 0.0349. The number of carbonyl (C=O) groups is 1. The molecular weight excluding hydrogens is 422 g/mol. The van der Waals surface area contributed by atoms with Gasteiger partial charge < -0.3 is 10.1 Å². The van der Waals surface area contributed by atoms with Crippen molar-refractivity contribution in [2.45, 2.75) is 18.2 Å². The van der Waals surface area contributed by atoms with Gasteiger partial charge in [0.1, 0.15) is 5.69 Å². The molecule has 2 N–H and O–H groups in total. The zero-order valence-corrected chi connectivity index (χ0v) is 16.4. The van der Waals surface area contributed by atoms with Crippen LogP contribution in [0, 0.1) is 22.4 Å². The van der Waals surface area contributed by atoms with Crippen molar-refractivity contribution in [3.05, 3.63) is 62.1 Å². The topological polar surface area (TPSA) is 105 Å². The normalized spacial score (nSPS) is 10.3. The molecule has 136 valence electrons. The lowest BCUT2D eigenvalue weighted by Gasteiger charge is -2.13. The molecule has 7 nitrogen and oxygen atoms in total. The first kappa shape index (κ1) is 19.9. The van der Waals surface area contributed by atoms with Gasteiger partial charge in [0.05, 0.1) is 18.5 Å². The second-order valence-electron chi connectivity index (χ2n) is 5.27. The van der Waals surface area contributed by atoms with E-state index in [2.05, 4.69) is 21.2 Å². The molecule has 2 aromatic carbocycles. The third-order valence-electron chi connectivity index (χ3n) is 3.54. The van der Waals surface area contributed by atoms with Crippen LogP contribution in [0.5, 0.6) is 0 Å². The molecule has 0 bridgehead atoms. The minimum Gasteiger partial charge on any atom is -0.476 e. The fourth-order valence-electron chi connectivity index (χ4n) is 2.23. The number of ether oxygens (including phenoxy) is 1. The van der Waals surface area contributed by atoms with Crippen molar-refractivity contribution in [3.8, 4) is 0 Å². The average molecular weight is 438 g/mol. The Bertz CT molecular complexity index is 873. The zero-order valence-electron chi connectivity index (χ0n) is 14.0. The monoisotopic (exact) mass is 437 g/mol. The molecule has 0 atom stereocenters. The van der Waals surface area contributed by atoms with E-state index in [1.54, 1.807) is 12.1 Å². The molecule has 1 amide bonds. The Morgan fingerprint density at radius 1 is 1.35 bits per heavy atom. The third kappa shape index (κ3) is 4.83. The van der Waals surface area contributed by atoms with Gasteiger partial charge in [-0.25, -0.2) is 0 Å². The van der Waals surface area contributed by atoms with Gasteiger partial charge in [0, 0.05) is 15.4 Å². The van der Waals surface area contributed by atoms with E-state index < -0.39 is 4.92 Å². The van der Waals surface area contributed by atoms with Crippen LogP contribution >= 0.6 is 27.7 Å². The van der Waals surface area contributed by atoms with Crippen LogP contribution in [0.4, 0.5) is 11.4 Å². The molecule has 0 spiro atoms. The van der Waals surface area contributed by atoms with Crippen molar-refractivity contribution in [1.29, 1.82) is 5.41 Å². The highest BCUT2D eigenvalue weighted by atomic mass is 79.9. The van der Waals surface area contributed by atoms with Gasteiger partial charge in [0.25, 0.3) is 5.69 Å². The SMILES string of the molecule is COC(=N)Sc1ccc(C)c(CC(=O)Nc2ccccc2[N+](=O)[O-])c1Br. The molecule has 2 aromatic rings. The molecule has 0 radical (unpaired) electrons. The van der Waals surface area contributed by atoms with Crippen LogP contribution in [0.2, 0.25) is 0 Å². The molecule has 9 heteroatoms. The number of aryl methyl sites for hydroxylation is 1. The third-order valence-corrected chi connectivity index (χ3v) is 5.62. The smallest absolute Gasteiger partial charge is 0.292 e. The Balaban J connectivity index is 2.23. The lowest BCUT2D eigenvalue weighted by atomic mass is 10.1. The van der Waals surface area contributed by atoms with Gasteiger partial charge in [0.15, 0.2) is 0 Å². The molecular formula is C17H16BrN3O4S. The minimum absolute atomic E-state index is 0.0323. The van der Waals surface area contributed by atoms with Crippen molar-refractivity contribution in [2.75, 3.05) is 12.4 Å². The van der Waals surface area contributed by atoms with Crippen LogP contribution in [0.15, 0.2) is 45.8 Å². The van der Waals surface area contributed by atoms with Gasteiger partial charge in [0.2, 0.25) is 11.1 Å². The molecule has 0 heterocycles.